The predicted octanol–water partition coefficient (Wildman–Crippen LogP) is 12.0. The van der Waals surface area contributed by atoms with Gasteiger partial charge in [-0.1, -0.05) is 125 Å². The summed E-state index contributed by atoms with van der Waals surface area (Å²) < 4.78 is 38.4. The number of benzene rings is 2. The molecule has 0 bridgehead atoms. The van der Waals surface area contributed by atoms with Crippen LogP contribution in [0.1, 0.15) is 87.3 Å². The average molecular weight is 854 g/mol. The number of hydrogen-bond acceptors (Lipinski definition) is 7. The van der Waals surface area contributed by atoms with Crippen LogP contribution in [0.3, 0.4) is 0 Å². The molecule has 0 aromatic heterocycles. The first kappa shape index (κ1) is 52.4. The van der Waals surface area contributed by atoms with E-state index in [0.29, 0.717) is 26.4 Å². The van der Waals surface area contributed by atoms with Crippen molar-refractivity contribution in [1.29, 1.82) is 0 Å². The van der Waals surface area contributed by atoms with Gasteiger partial charge in [0.15, 0.2) is 16.6 Å². The van der Waals surface area contributed by atoms with Crippen LogP contribution in [0.5, 0.6) is 11.5 Å². The summed E-state index contributed by atoms with van der Waals surface area (Å²) in [4.78, 5) is 16.7. The van der Waals surface area contributed by atoms with Crippen molar-refractivity contribution in [1.82, 2.24) is 4.90 Å². The zero-order valence-electron chi connectivity index (χ0n) is 40.3. The molecule has 2 aromatic carbocycles. The molecule has 0 saturated heterocycles. The maximum atomic E-state index is 14.8. The molecular formula is C49H83NO7Si2. The highest BCUT2D eigenvalue weighted by Crippen LogP contribution is 2.42. The minimum atomic E-state index is -2.34. The van der Waals surface area contributed by atoms with Crippen molar-refractivity contribution in [2.75, 3.05) is 34.4 Å². The molecule has 8 nitrogen and oxygen atoms in total. The van der Waals surface area contributed by atoms with Crippen molar-refractivity contribution in [2.24, 2.45) is 29.6 Å². The Morgan fingerprint density at radius 3 is 1.61 bits per heavy atom. The second-order valence-electron chi connectivity index (χ2n) is 20.0. The molecule has 0 aliphatic heterocycles. The Kier molecular flexibility index (Phi) is 20.4. The largest absolute Gasteiger partial charge is 0.497 e. The summed E-state index contributed by atoms with van der Waals surface area (Å²) in [5, 5.41) is -0.0266. The van der Waals surface area contributed by atoms with Crippen molar-refractivity contribution >= 4 is 22.5 Å². The second-order valence-corrected chi connectivity index (χ2v) is 29.5. The number of carbonyl (C=O) groups excluding carboxylic acids is 1. The Balaban J connectivity index is 2.43. The van der Waals surface area contributed by atoms with Crippen LogP contribution in [0.15, 0.2) is 73.3 Å². The van der Waals surface area contributed by atoms with E-state index in [1.807, 2.05) is 73.5 Å². The molecule has 1 amide bonds. The number of allylic oxidation sites excluding steroid dienone is 2. The highest BCUT2D eigenvalue weighted by molar-refractivity contribution is 6.74. The van der Waals surface area contributed by atoms with Gasteiger partial charge in [0.1, 0.15) is 11.5 Å². The third-order valence-corrected chi connectivity index (χ3v) is 21.9. The van der Waals surface area contributed by atoms with Crippen LogP contribution in [0.2, 0.25) is 36.3 Å². The molecule has 10 heteroatoms. The lowest BCUT2D eigenvalue weighted by atomic mass is 9.83. The molecule has 0 heterocycles. The van der Waals surface area contributed by atoms with Crippen molar-refractivity contribution in [3.8, 4) is 11.5 Å². The van der Waals surface area contributed by atoms with Crippen LogP contribution in [0.4, 0.5) is 0 Å². The van der Waals surface area contributed by atoms with Crippen LogP contribution >= 0.6 is 0 Å². The van der Waals surface area contributed by atoms with Crippen molar-refractivity contribution in [2.45, 2.75) is 144 Å². The molecule has 0 radical (unpaired) electrons. The Labute approximate surface area is 362 Å². The molecule has 4 unspecified atom stereocenters. The fourth-order valence-corrected chi connectivity index (χ4v) is 9.98. The first-order valence-corrected chi connectivity index (χ1v) is 27.5. The van der Waals surface area contributed by atoms with Crippen LogP contribution < -0.4 is 9.47 Å². The van der Waals surface area contributed by atoms with E-state index < -0.39 is 22.6 Å². The lowest BCUT2D eigenvalue weighted by molar-refractivity contribution is -0.141. The molecule has 0 saturated carbocycles. The quantitative estimate of drug-likeness (QED) is 0.0769. The zero-order chi connectivity index (χ0) is 44.9. The Morgan fingerprint density at radius 1 is 0.712 bits per heavy atom. The van der Waals surface area contributed by atoms with E-state index >= 15 is 0 Å². The van der Waals surface area contributed by atoms with Gasteiger partial charge in [-0.25, -0.2) is 0 Å². The molecule has 8 atom stereocenters. The first-order valence-electron chi connectivity index (χ1n) is 21.6. The van der Waals surface area contributed by atoms with Crippen molar-refractivity contribution < 1.29 is 32.6 Å². The van der Waals surface area contributed by atoms with Gasteiger partial charge in [-0.2, -0.15) is 0 Å². The summed E-state index contributed by atoms with van der Waals surface area (Å²) in [5.74, 6) is 1.33. The number of methoxy groups -OCH3 is 2. The standard InChI is InChI=1S/C49H83NO7Si2/c1-20-21-22-35(2)45(55-34-41-25-29-43(53-15)30-26-41)38(5)46(57-59(18,19)49(10,11)12)39(6)47(51)50(13)31-36(3)44(56-58(16,17)48(7,8)9)37(4)32-54-33-40-23-27-42(52-14)28-24-40/h20-30,35-39,44-46H,1,31-34H2,2-19H3/t35-,36-,37-,38?,39?,44+,45?,46?/m0/s1. The fraction of sp³-hybridized carbons (Fsp3) is 0.653. The average Bonchev–Trinajstić information content (AvgIpc) is 3.17. The van der Waals surface area contributed by atoms with Gasteiger partial charge in [0, 0.05) is 31.3 Å². The van der Waals surface area contributed by atoms with Gasteiger partial charge in [0.25, 0.3) is 0 Å². The van der Waals surface area contributed by atoms with Gasteiger partial charge in [0.2, 0.25) is 5.91 Å². The lowest BCUT2D eigenvalue weighted by Gasteiger charge is -2.45. The molecular weight excluding hydrogens is 771 g/mol. The molecule has 59 heavy (non-hydrogen) atoms. The van der Waals surface area contributed by atoms with Gasteiger partial charge in [-0.15, -0.1) is 0 Å². The molecule has 334 valence electrons. The molecule has 0 aliphatic carbocycles. The predicted molar refractivity (Wildman–Crippen MR) is 251 cm³/mol. The number of carbonyl (C=O) groups is 1. The van der Waals surface area contributed by atoms with E-state index in [1.165, 1.54) is 0 Å². The lowest BCUT2D eigenvalue weighted by Crippen LogP contribution is -2.53. The third-order valence-electron chi connectivity index (χ3n) is 12.9. The number of amides is 1. The smallest absolute Gasteiger partial charge is 0.227 e. The number of nitrogens with zero attached hydrogens (tertiary/aromatic N) is 1. The Hall–Kier alpha value is -2.74. The summed E-state index contributed by atoms with van der Waals surface area (Å²) in [6.07, 6.45) is 5.18. The molecule has 0 N–H and O–H groups in total. The van der Waals surface area contributed by atoms with E-state index in [-0.39, 0.29) is 58.0 Å². The van der Waals surface area contributed by atoms with Crippen LogP contribution in [0.25, 0.3) is 0 Å². The van der Waals surface area contributed by atoms with E-state index in [0.717, 1.165) is 22.6 Å². The Bertz CT molecular complexity index is 1580. The van der Waals surface area contributed by atoms with Crippen LogP contribution in [0, 0.1) is 29.6 Å². The van der Waals surface area contributed by atoms with Crippen molar-refractivity contribution in [3.63, 3.8) is 0 Å². The van der Waals surface area contributed by atoms with Crippen molar-refractivity contribution in [3.05, 3.63) is 84.5 Å². The third kappa shape index (κ3) is 15.6. The van der Waals surface area contributed by atoms with E-state index in [9.17, 15) is 4.79 Å². The molecule has 2 rings (SSSR count). The van der Waals surface area contributed by atoms with Gasteiger partial charge in [-0.05, 0) is 77.6 Å². The zero-order valence-corrected chi connectivity index (χ0v) is 42.3. The minimum absolute atomic E-state index is 0.0271. The summed E-state index contributed by atoms with van der Waals surface area (Å²) in [6.45, 7) is 39.5. The SMILES string of the molecule is C=CC=C[C@H](C)C(OCc1ccc(OC)cc1)C(C)C(O[Si](C)(C)C(C)(C)C)C(C)C(=O)N(C)C[C@H](C)[C@@H](O[Si](C)(C)C(C)(C)C)[C@@H](C)COCc1ccc(OC)cc1. The van der Waals surface area contributed by atoms with Crippen LogP contribution in [-0.2, 0) is 36.3 Å². The van der Waals surface area contributed by atoms with E-state index in [1.54, 1.807) is 20.3 Å². The number of rotatable bonds is 24. The highest BCUT2D eigenvalue weighted by Gasteiger charge is 2.46. The maximum Gasteiger partial charge on any atom is 0.227 e. The van der Waals surface area contributed by atoms with E-state index in [4.69, 9.17) is 27.8 Å². The number of ether oxygens (including phenoxy) is 4. The monoisotopic (exact) mass is 854 g/mol. The molecule has 0 spiro atoms. The molecule has 0 aliphatic rings. The number of hydrogen-bond donors (Lipinski definition) is 0. The van der Waals surface area contributed by atoms with Gasteiger partial charge < -0.3 is 32.7 Å². The maximum absolute atomic E-state index is 14.8. The second kappa shape index (κ2) is 22.9. The molecule has 0 fully saturated rings. The normalized spacial score (nSPS) is 17.1. The van der Waals surface area contributed by atoms with Gasteiger partial charge in [0.05, 0.1) is 58.3 Å². The summed E-state index contributed by atoms with van der Waals surface area (Å²) >= 11 is 0. The summed E-state index contributed by atoms with van der Waals surface area (Å²) in [7, 11) is 0.763. The Morgan fingerprint density at radius 2 is 1.17 bits per heavy atom. The van der Waals surface area contributed by atoms with Crippen LogP contribution in [-0.4, -0.2) is 80.2 Å². The minimum Gasteiger partial charge on any atom is -0.497 e. The summed E-state index contributed by atoms with van der Waals surface area (Å²) in [6, 6.07) is 16.0. The van der Waals surface area contributed by atoms with E-state index in [2.05, 4.69) is 108 Å². The van der Waals surface area contributed by atoms with Gasteiger partial charge in [-0.3, -0.25) is 4.79 Å². The fourth-order valence-electron chi connectivity index (χ4n) is 7.03. The highest BCUT2D eigenvalue weighted by atomic mass is 28.4. The topological polar surface area (TPSA) is 75.7 Å². The molecule has 2 aromatic rings. The first-order chi connectivity index (χ1) is 27.3. The summed E-state index contributed by atoms with van der Waals surface area (Å²) in [5.41, 5.74) is 2.15. The van der Waals surface area contributed by atoms with Gasteiger partial charge >= 0.3 is 0 Å².